The maximum absolute atomic E-state index is 12.6. The summed E-state index contributed by atoms with van der Waals surface area (Å²) in [6.07, 6.45) is 6.06. The zero-order chi connectivity index (χ0) is 15.8. The summed E-state index contributed by atoms with van der Waals surface area (Å²) in [6.45, 7) is 1.98. The number of nitrogens with one attached hydrogen (secondary N) is 3. The molecule has 1 saturated carbocycles. The molecule has 2 aliphatic rings. The van der Waals surface area contributed by atoms with Gasteiger partial charge in [-0.05, 0) is 44.2 Å². The highest BCUT2D eigenvalue weighted by atomic mass is 16.2. The first-order chi connectivity index (χ1) is 11.2. The van der Waals surface area contributed by atoms with Crippen molar-refractivity contribution < 1.29 is 4.79 Å². The van der Waals surface area contributed by atoms with Crippen molar-refractivity contribution in [2.45, 2.75) is 57.2 Å². The topological polar surface area (TPSA) is 69.8 Å². The van der Waals surface area contributed by atoms with Crippen LogP contribution in [0.5, 0.6) is 0 Å². The Labute approximate surface area is 136 Å². The van der Waals surface area contributed by atoms with E-state index in [0.29, 0.717) is 12.0 Å². The summed E-state index contributed by atoms with van der Waals surface area (Å²) < 4.78 is 0. The van der Waals surface area contributed by atoms with E-state index >= 15 is 0 Å². The Hall–Kier alpha value is -1.88. The largest absolute Gasteiger partial charge is 0.345 e. The summed E-state index contributed by atoms with van der Waals surface area (Å²) in [5.41, 5.74) is 1.95. The van der Waals surface area contributed by atoms with E-state index in [1.54, 1.807) is 0 Å². The van der Waals surface area contributed by atoms with Gasteiger partial charge in [-0.3, -0.25) is 4.79 Å². The standard InChI is InChI=1S/C18H24N4O/c1-11(17-21-14-8-4-5-9-15(14)22-17)19-18(23)16-10-12-6-2-3-7-13(12)20-16/h4-5,8-9,11-13,16,20H,2-3,6-7,10H2,1H3,(H,19,23)(H,21,22). The number of carbonyl (C=O) groups excluding carboxylic acids is 1. The average molecular weight is 312 g/mol. The number of benzene rings is 1. The number of para-hydroxylation sites is 2. The minimum Gasteiger partial charge on any atom is -0.345 e. The number of hydrogen-bond acceptors (Lipinski definition) is 3. The molecule has 23 heavy (non-hydrogen) atoms. The van der Waals surface area contributed by atoms with Crippen LogP contribution in [0.4, 0.5) is 0 Å². The number of rotatable bonds is 3. The van der Waals surface area contributed by atoms with Crippen molar-refractivity contribution in [1.29, 1.82) is 0 Å². The molecule has 1 aliphatic heterocycles. The zero-order valence-corrected chi connectivity index (χ0v) is 13.5. The highest BCUT2D eigenvalue weighted by Gasteiger charge is 2.38. The average Bonchev–Trinajstić information content (AvgIpc) is 3.18. The molecule has 2 fully saturated rings. The molecule has 4 rings (SSSR count). The van der Waals surface area contributed by atoms with Crippen LogP contribution in [0.15, 0.2) is 24.3 Å². The van der Waals surface area contributed by atoms with Gasteiger partial charge in [0.05, 0.1) is 23.1 Å². The lowest BCUT2D eigenvalue weighted by Gasteiger charge is -2.24. The van der Waals surface area contributed by atoms with Crippen molar-refractivity contribution in [3.8, 4) is 0 Å². The second kappa shape index (κ2) is 5.96. The van der Waals surface area contributed by atoms with E-state index in [2.05, 4.69) is 20.6 Å². The Bertz CT molecular complexity index is 663. The summed E-state index contributed by atoms with van der Waals surface area (Å²) in [5.74, 6) is 1.60. The van der Waals surface area contributed by atoms with Gasteiger partial charge in [0.2, 0.25) is 5.91 Å². The number of hydrogen-bond donors (Lipinski definition) is 3. The number of imidazole rings is 1. The first-order valence-corrected chi connectivity index (χ1v) is 8.72. The van der Waals surface area contributed by atoms with Crippen molar-refractivity contribution in [2.24, 2.45) is 5.92 Å². The fourth-order valence-corrected chi connectivity index (χ4v) is 4.08. The Morgan fingerprint density at radius 3 is 2.96 bits per heavy atom. The van der Waals surface area contributed by atoms with E-state index in [9.17, 15) is 4.79 Å². The summed E-state index contributed by atoms with van der Waals surface area (Å²) in [6, 6.07) is 8.32. The molecule has 122 valence electrons. The molecule has 5 heteroatoms. The number of aromatic amines is 1. The molecule has 4 atom stereocenters. The van der Waals surface area contributed by atoms with Crippen LogP contribution in [0.3, 0.4) is 0 Å². The predicted molar refractivity (Wildman–Crippen MR) is 89.9 cm³/mol. The van der Waals surface area contributed by atoms with Crippen molar-refractivity contribution in [2.75, 3.05) is 0 Å². The molecule has 1 aromatic heterocycles. The van der Waals surface area contributed by atoms with E-state index in [-0.39, 0.29) is 18.0 Å². The predicted octanol–water partition coefficient (Wildman–Crippen LogP) is 2.66. The molecule has 1 amide bonds. The molecule has 2 heterocycles. The van der Waals surface area contributed by atoms with Gasteiger partial charge in [-0.1, -0.05) is 25.0 Å². The lowest BCUT2D eigenvalue weighted by atomic mass is 9.85. The van der Waals surface area contributed by atoms with Gasteiger partial charge in [0.15, 0.2) is 0 Å². The minimum atomic E-state index is -0.112. The molecule has 0 bridgehead atoms. The van der Waals surface area contributed by atoms with Crippen LogP contribution in [0.2, 0.25) is 0 Å². The fourth-order valence-electron chi connectivity index (χ4n) is 4.08. The summed E-state index contributed by atoms with van der Waals surface area (Å²) in [5, 5.41) is 6.65. The van der Waals surface area contributed by atoms with Crippen molar-refractivity contribution >= 4 is 16.9 Å². The third-order valence-electron chi connectivity index (χ3n) is 5.36. The molecule has 3 N–H and O–H groups in total. The van der Waals surface area contributed by atoms with Crippen LogP contribution in [0, 0.1) is 5.92 Å². The van der Waals surface area contributed by atoms with E-state index in [1.165, 1.54) is 25.7 Å². The number of H-pyrrole nitrogens is 1. The smallest absolute Gasteiger partial charge is 0.237 e. The molecule has 1 aromatic carbocycles. The lowest BCUT2D eigenvalue weighted by molar-refractivity contribution is -0.123. The third-order valence-corrected chi connectivity index (χ3v) is 5.36. The monoisotopic (exact) mass is 312 g/mol. The van der Waals surface area contributed by atoms with E-state index in [4.69, 9.17) is 0 Å². The van der Waals surface area contributed by atoms with Crippen LogP contribution in [0.1, 0.15) is 50.9 Å². The molecule has 2 aromatic rings. The summed E-state index contributed by atoms with van der Waals surface area (Å²) >= 11 is 0. The molecular formula is C18H24N4O. The van der Waals surface area contributed by atoms with Crippen LogP contribution >= 0.6 is 0 Å². The molecule has 0 radical (unpaired) electrons. The third kappa shape index (κ3) is 2.85. The van der Waals surface area contributed by atoms with E-state index < -0.39 is 0 Å². The van der Waals surface area contributed by atoms with Crippen molar-refractivity contribution in [3.05, 3.63) is 30.1 Å². The van der Waals surface area contributed by atoms with Crippen LogP contribution in [-0.2, 0) is 4.79 Å². The Morgan fingerprint density at radius 2 is 2.13 bits per heavy atom. The molecule has 1 saturated heterocycles. The molecule has 4 unspecified atom stereocenters. The van der Waals surface area contributed by atoms with Crippen LogP contribution < -0.4 is 10.6 Å². The first kappa shape index (κ1) is 14.7. The Kier molecular flexibility index (Phi) is 3.81. The minimum absolute atomic E-state index is 0.0464. The SMILES string of the molecule is CC(NC(=O)C1CC2CCCCC2N1)c1nc2ccccc2[nH]1. The maximum atomic E-state index is 12.6. The summed E-state index contributed by atoms with van der Waals surface area (Å²) in [7, 11) is 0. The molecule has 5 nitrogen and oxygen atoms in total. The number of nitrogens with zero attached hydrogens (tertiary/aromatic N) is 1. The Morgan fingerprint density at radius 1 is 1.30 bits per heavy atom. The van der Waals surface area contributed by atoms with Gasteiger partial charge in [-0.15, -0.1) is 0 Å². The number of fused-ring (bicyclic) bond motifs is 2. The summed E-state index contributed by atoms with van der Waals surface area (Å²) in [4.78, 5) is 20.4. The highest BCUT2D eigenvalue weighted by Crippen LogP contribution is 2.33. The number of carbonyl (C=O) groups is 1. The zero-order valence-electron chi connectivity index (χ0n) is 13.5. The fraction of sp³-hybridized carbons (Fsp3) is 0.556. The molecule has 1 aliphatic carbocycles. The number of aromatic nitrogens is 2. The second-order valence-electron chi connectivity index (χ2n) is 6.98. The Balaban J connectivity index is 1.42. The van der Waals surface area contributed by atoms with Gasteiger partial charge < -0.3 is 15.6 Å². The van der Waals surface area contributed by atoms with Crippen LogP contribution in [-0.4, -0.2) is 28.0 Å². The second-order valence-corrected chi connectivity index (χ2v) is 6.98. The van der Waals surface area contributed by atoms with Gasteiger partial charge in [0.1, 0.15) is 5.82 Å². The maximum Gasteiger partial charge on any atom is 0.237 e. The molecular weight excluding hydrogens is 288 g/mol. The number of amides is 1. The van der Waals surface area contributed by atoms with Crippen molar-refractivity contribution in [3.63, 3.8) is 0 Å². The quantitative estimate of drug-likeness (QED) is 0.816. The van der Waals surface area contributed by atoms with Gasteiger partial charge in [0.25, 0.3) is 0 Å². The van der Waals surface area contributed by atoms with Crippen molar-refractivity contribution in [1.82, 2.24) is 20.6 Å². The van der Waals surface area contributed by atoms with Gasteiger partial charge in [-0.25, -0.2) is 4.98 Å². The normalized spacial score (nSPS) is 28.5. The van der Waals surface area contributed by atoms with Gasteiger partial charge >= 0.3 is 0 Å². The highest BCUT2D eigenvalue weighted by molar-refractivity contribution is 5.82. The van der Waals surface area contributed by atoms with Gasteiger partial charge in [-0.2, -0.15) is 0 Å². The van der Waals surface area contributed by atoms with Gasteiger partial charge in [0, 0.05) is 6.04 Å². The molecule has 0 spiro atoms. The van der Waals surface area contributed by atoms with Crippen LogP contribution in [0.25, 0.3) is 11.0 Å². The lowest BCUT2D eigenvalue weighted by Crippen LogP contribution is -2.44. The first-order valence-electron chi connectivity index (χ1n) is 8.72. The van der Waals surface area contributed by atoms with E-state index in [0.717, 1.165) is 23.3 Å². The van der Waals surface area contributed by atoms with E-state index in [1.807, 2.05) is 31.2 Å².